The molecule has 5 heteroatoms. The molecular weight excluding hydrogens is 242 g/mol. The Bertz CT molecular complexity index is 351. The van der Waals surface area contributed by atoms with E-state index in [0.717, 1.165) is 44.9 Å². The summed E-state index contributed by atoms with van der Waals surface area (Å²) in [6, 6.07) is 0.155. The Kier molecular flexibility index (Phi) is 4.45. The third-order valence-electron chi connectivity index (χ3n) is 4.87. The molecule has 0 spiro atoms. The lowest BCUT2D eigenvalue weighted by Crippen LogP contribution is -2.45. The van der Waals surface area contributed by atoms with Crippen LogP contribution < -0.4 is 16.8 Å². The van der Waals surface area contributed by atoms with Crippen molar-refractivity contribution < 1.29 is 9.59 Å². The van der Waals surface area contributed by atoms with E-state index in [1.807, 2.05) is 0 Å². The van der Waals surface area contributed by atoms with Gasteiger partial charge in [0.05, 0.1) is 5.41 Å². The van der Waals surface area contributed by atoms with Crippen LogP contribution in [0.5, 0.6) is 0 Å². The molecule has 0 aromatic carbocycles. The highest BCUT2D eigenvalue weighted by Gasteiger charge is 2.39. The Labute approximate surface area is 114 Å². The van der Waals surface area contributed by atoms with E-state index in [-0.39, 0.29) is 17.9 Å². The van der Waals surface area contributed by atoms with Gasteiger partial charge in [-0.05, 0) is 31.6 Å². The minimum Gasteiger partial charge on any atom is -0.369 e. The highest BCUT2D eigenvalue weighted by molar-refractivity contribution is 5.83. The van der Waals surface area contributed by atoms with Crippen molar-refractivity contribution in [2.24, 2.45) is 22.8 Å². The first kappa shape index (κ1) is 14.3. The van der Waals surface area contributed by atoms with Crippen LogP contribution in [0.15, 0.2) is 0 Å². The Hall–Kier alpha value is -1.10. The van der Waals surface area contributed by atoms with Gasteiger partial charge in [-0.2, -0.15) is 0 Å². The highest BCUT2D eigenvalue weighted by Crippen LogP contribution is 2.37. The lowest BCUT2D eigenvalue weighted by molar-refractivity contribution is -0.128. The minimum atomic E-state index is -0.506. The van der Waals surface area contributed by atoms with Gasteiger partial charge >= 0.3 is 0 Å². The SMILES string of the molecule is NC(=O)C1(CNC(=O)C[C@@H]2CCC[C@H]2N)CCCC1. The summed E-state index contributed by atoms with van der Waals surface area (Å²) in [6.45, 7) is 0.392. The molecule has 19 heavy (non-hydrogen) atoms. The average Bonchev–Trinajstić information content (AvgIpc) is 2.98. The molecule has 0 heterocycles. The summed E-state index contributed by atoms with van der Waals surface area (Å²) in [5.41, 5.74) is 11.0. The van der Waals surface area contributed by atoms with E-state index in [4.69, 9.17) is 11.5 Å². The first-order valence-electron chi connectivity index (χ1n) is 7.36. The van der Waals surface area contributed by atoms with Crippen LogP contribution >= 0.6 is 0 Å². The molecule has 2 saturated carbocycles. The highest BCUT2D eigenvalue weighted by atomic mass is 16.2. The molecule has 108 valence electrons. The van der Waals surface area contributed by atoms with Crippen molar-refractivity contribution in [1.82, 2.24) is 5.32 Å². The van der Waals surface area contributed by atoms with Gasteiger partial charge in [0.15, 0.2) is 0 Å². The van der Waals surface area contributed by atoms with Gasteiger partial charge in [-0.15, -0.1) is 0 Å². The smallest absolute Gasteiger partial charge is 0.225 e. The third-order valence-corrected chi connectivity index (χ3v) is 4.87. The molecule has 0 aromatic rings. The molecule has 0 unspecified atom stereocenters. The Morgan fingerprint density at radius 2 is 1.84 bits per heavy atom. The van der Waals surface area contributed by atoms with Crippen LogP contribution in [0.25, 0.3) is 0 Å². The number of hydrogen-bond donors (Lipinski definition) is 3. The second kappa shape index (κ2) is 5.90. The van der Waals surface area contributed by atoms with Gasteiger partial charge < -0.3 is 16.8 Å². The number of hydrogen-bond acceptors (Lipinski definition) is 3. The standard InChI is InChI=1S/C14H25N3O2/c15-11-5-3-4-10(11)8-12(18)17-9-14(13(16)19)6-1-2-7-14/h10-11H,1-9,15H2,(H2,16,19)(H,17,18)/t10-,11+/m0/s1. The normalized spacial score (nSPS) is 29.3. The summed E-state index contributed by atoms with van der Waals surface area (Å²) >= 11 is 0. The predicted octanol–water partition coefficient (Wildman–Crippen LogP) is 0.666. The second-order valence-corrected chi connectivity index (χ2v) is 6.19. The van der Waals surface area contributed by atoms with E-state index >= 15 is 0 Å². The largest absolute Gasteiger partial charge is 0.369 e. The maximum Gasteiger partial charge on any atom is 0.225 e. The number of nitrogens with two attached hydrogens (primary N) is 2. The summed E-state index contributed by atoms with van der Waals surface area (Å²) in [5, 5.41) is 2.90. The molecule has 0 aromatic heterocycles. The average molecular weight is 267 g/mol. The quantitative estimate of drug-likeness (QED) is 0.682. The summed E-state index contributed by atoms with van der Waals surface area (Å²) in [6.07, 6.45) is 7.29. The molecular formula is C14H25N3O2. The molecule has 2 atom stereocenters. The summed E-state index contributed by atoms with van der Waals surface area (Å²) in [7, 11) is 0. The zero-order valence-electron chi connectivity index (χ0n) is 11.5. The van der Waals surface area contributed by atoms with E-state index in [0.29, 0.717) is 18.9 Å². The molecule has 2 fully saturated rings. The second-order valence-electron chi connectivity index (χ2n) is 6.19. The molecule has 2 amide bonds. The number of carbonyl (C=O) groups excluding carboxylic acids is 2. The summed E-state index contributed by atoms with van der Waals surface area (Å²) in [5.74, 6) is 0.0332. The molecule has 0 saturated heterocycles. The monoisotopic (exact) mass is 267 g/mol. The molecule has 0 aliphatic heterocycles. The summed E-state index contributed by atoms with van der Waals surface area (Å²) < 4.78 is 0. The Morgan fingerprint density at radius 3 is 2.37 bits per heavy atom. The third kappa shape index (κ3) is 3.26. The molecule has 5 nitrogen and oxygen atoms in total. The van der Waals surface area contributed by atoms with Crippen molar-refractivity contribution in [1.29, 1.82) is 0 Å². The van der Waals surface area contributed by atoms with Gasteiger partial charge in [0, 0.05) is 19.0 Å². The van der Waals surface area contributed by atoms with Gasteiger partial charge in [-0.3, -0.25) is 9.59 Å². The van der Waals surface area contributed by atoms with E-state index in [2.05, 4.69) is 5.32 Å². The minimum absolute atomic E-state index is 0.00914. The first-order valence-corrected chi connectivity index (χ1v) is 7.36. The fourth-order valence-corrected chi connectivity index (χ4v) is 3.46. The van der Waals surface area contributed by atoms with E-state index in [1.54, 1.807) is 0 Å². The molecule has 5 N–H and O–H groups in total. The molecule has 2 rings (SSSR count). The van der Waals surface area contributed by atoms with Crippen LogP contribution in [-0.2, 0) is 9.59 Å². The van der Waals surface area contributed by atoms with Gasteiger partial charge in [0.1, 0.15) is 0 Å². The van der Waals surface area contributed by atoms with Crippen molar-refractivity contribution in [3.05, 3.63) is 0 Å². The van der Waals surface area contributed by atoms with Crippen molar-refractivity contribution in [3.63, 3.8) is 0 Å². The molecule has 2 aliphatic carbocycles. The molecule has 0 bridgehead atoms. The number of carbonyl (C=O) groups is 2. The van der Waals surface area contributed by atoms with E-state index in [1.165, 1.54) is 0 Å². The number of amides is 2. The number of nitrogens with one attached hydrogen (secondary N) is 1. The van der Waals surface area contributed by atoms with Crippen molar-refractivity contribution in [2.75, 3.05) is 6.54 Å². The van der Waals surface area contributed by atoms with Crippen LogP contribution in [0, 0.1) is 11.3 Å². The van der Waals surface area contributed by atoms with Gasteiger partial charge in [-0.1, -0.05) is 19.3 Å². The maximum absolute atomic E-state index is 11.9. The van der Waals surface area contributed by atoms with Crippen molar-refractivity contribution >= 4 is 11.8 Å². The van der Waals surface area contributed by atoms with Crippen molar-refractivity contribution in [3.8, 4) is 0 Å². The van der Waals surface area contributed by atoms with Crippen LogP contribution in [0.2, 0.25) is 0 Å². The van der Waals surface area contributed by atoms with Gasteiger partial charge in [0.25, 0.3) is 0 Å². The van der Waals surface area contributed by atoms with Crippen molar-refractivity contribution in [2.45, 2.75) is 57.4 Å². The summed E-state index contributed by atoms with van der Waals surface area (Å²) in [4.78, 5) is 23.5. The fourth-order valence-electron chi connectivity index (χ4n) is 3.46. The zero-order chi connectivity index (χ0) is 13.9. The predicted molar refractivity (Wildman–Crippen MR) is 73.0 cm³/mol. The lowest BCUT2D eigenvalue weighted by Gasteiger charge is -2.25. The van der Waals surface area contributed by atoms with E-state index in [9.17, 15) is 9.59 Å². The zero-order valence-corrected chi connectivity index (χ0v) is 11.5. The van der Waals surface area contributed by atoms with Crippen LogP contribution in [0.4, 0.5) is 0 Å². The lowest BCUT2D eigenvalue weighted by atomic mass is 9.85. The molecule has 2 aliphatic rings. The Balaban J connectivity index is 1.80. The van der Waals surface area contributed by atoms with Gasteiger partial charge in [-0.25, -0.2) is 0 Å². The number of primary amides is 1. The molecule has 0 radical (unpaired) electrons. The van der Waals surface area contributed by atoms with Crippen LogP contribution in [-0.4, -0.2) is 24.4 Å². The topological polar surface area (TPSA) is 98.2 Å². The maximum atomic E-state index is 11.9. The number of rotatable bonds is 5. The van der Waals surface area contributed by atoms with Gasteiger partial charge in [0.2, 0.25) is 11.8 Å². The van der Waals surface area contributed by atoms with Crippen LogP contribution in [0.3, 0.4) is 0 Å². The fraction of sp³-hybridized carbons (Fsp3) is 0.857. The Morgan fingerprint density at radius 1 is 1.16 bits per heavy atom. The van der Waals surface area contributed by atoms with E-state index < -0.39 is 5.41 Å². The van der Waals surface area contributed by atoms with Crippen LogP contribution in [0.1, 0.15) is 51.4 Å². The first-order chi connectivity index (χ1) is 9.03.